The Morgan fingerprint density at radius 2 is 2.13 bits per heavy atom. The minimum Gasteiger partial charge on any atom is -0.318 e. The van der Waals surface area contributed by atoms with Gasteiger partial charge < -0.3 is 5.73 Å². The van der Waals surface area contributed by atoms with Gasteiger partial charge in [0, 0.05) is 30.7 Å². The van der Waals surface area contributed by atoms with E-state index in [0.717, 1.165) is 12.1 Å². The van der Waals surface area contributed by atoms with Gasteiger partial charge in [0.05, 0.1) is 12.2 Å². The summed E-state index contributed by atoms with van der Waals surface area (Å²) >= 11 is 0. The lowest BCUT2D eigenvalue weighted by Crippen LogP contribution is -2.14. The van der Waals surface area contributed by atoms with Gasteiger partial charge in [0.25, 0.3) is 0 Å². The molecule has 2 aromatic heterocycles. The number of hydrogen-bond donors (Lipinski definition) is 1. The Bertz CT molecular complexity index is 422. The number of hydrogen-bond acceptors (Lipinski definition) is 4. The van der Waals surface area contributed by atoms with Crippen molar-refractivity contribution < 1.29 is 0 Å². The zero-order valence-corrected chi connectivity index (χ0v) is 8.54. The van der Waals surface area contributed by atoms with Crippen LogP contribution >= 0.6 is 0 Å². The third-order valence-corrected chi connectivity index (χ3v) is 2.20. The van der Waals surface area contributed by atoms with Gasteiger partial charge in [-0.25, -0.2) is 9.97 Å². The first-order valence-corrected chi connectivity index (χ1v) is 4.86. The lowest BCUT2D eigenvalue weighted by atomic mass is 10.1. The van der Waals surface area contributed by atoms with Crippen molar-refractivity contribution in [3.8, 4) is 0 Å². The fourth-order valence-electron chi connectivity index (χ4n) is 1.33. The minimum atomic E-state index is -0.300. The number of aromatic nitrogens is 4. The van der Waals surface area contributed by atoms with Crippen molar-refractivity contribution in [2.24, 2.45) is 5.73 Å². The van der Waals surface area contributed by atoms with Gasteiger partial charge in [-0.05, 0) is 13.0 Å². The van der Waals surface area contributed by atoms with Crippen LogP contribution in [0.1, 0.15) is 24.4 Å². The first kappa shape index (κ1) is 9.79. The Kier molecular flexibility index (Phi) is 2.73. The van der Waals surface area contributed by atoms with Crippen molar-refractivity contribution in [3.63, 3.8) is 0 Å². The maximum Gasteiger partial charge on any atom is 0.149 e. The molecule has 2 aromatic rings. The summed E-state index contributed by atoms with van der Waals surface area (Å²) in [7, 11) is 0. The first-order chi connectivity index (χ1) is 7.31. The van der Waals surface area contributed by atoms with Gasteiger partial charge in [0.15, 0.2) is 0 Å². The maximum atomic E-state index is 6.01. The summed E-state index contributed by atoms with van der Waals surface area (Å²) in [5, 5.41) is 4.16. The fourth-order valence-corrected chi connectivity index (χ4v) is 1.33. The number of nitrogens with two attached hydrogens (primary N) is 1. The van der Waals surface area contributed by atoms with Gasteiger partial charge in [-0.3, -0.25) is 4.68 Å². The standard InChI is InChI=1S/C10H13N5/c1-2-15-7-8(6-14-15)9(11)10-12-4-3-5-13-10/h3-7,9H,2,11H2,1H3. The quantitative estimate of drug-likeness (QED) is 0.798. The molecular formula is C10H13N5. The molecule has 0 aromatic carbocycles. The van der Waals surface area contributed by atoms with E-state index in [1.54, 1.807) is 24.7 Å². The second kappa shape index (κ2) is 4.18. The van der Waals surface area contributed by atoms with Gasteiger partial charge in [-0.1, -0.05) is 0 Å². The van der Waals surface area contributed by atoms with Crippen LogP contribution in [-0.4, -0.2) is 19.7 Å². The molecule has 2 N–H and O–H groups in total. The molecule has 0 fully saturated rings. The third kappa shape index (κ3) is 2.02. The molecule has 15 heavy (non-hydrogen) atoms. The summed E-state index contributed by atoms with van der Waals surface area (Å²) in [6, 6.07) is 1.47. The first-order valence-electron chi connectivity index (χ1n) is 4.86. The molecular weight excluding hydrogens is 190 g/mol. The van der Waals surface area contributed by atoms with Crippen LogP contribution < -0.4 is 5.73 Å². The number of nitrogens with zero attached hydrogens (tertiary/aromatic N) is 4. The van der Waals surface area contributed by atoms with Crippen molar-refractivity contribution in [1.29, 1.82) is 0 Å². The van der Waals surface area contributed by atoms with Crippen LogP contribution in [0, 0.1) is 0 Å². The van der Waals surface area contributed by atoms with Crippen LogP contribution in [0.15, 0.2) is 30.9 Å². The summed E-state index contributed by atoms with van der Waals surface area (Å²) in [6.07, 6.45) is 7.05. The zero-order chi connectivity index (χ0) is 10.7. The van der Waals surface area contributed by atoms with E-state index in [4.69, 9.17) is 5.73 Å². The van der Waals surface area contributed by atoms with Crippen LogP contribution in [-0.2, 0) is 6.54 Å². The van der Waals surface area contributed by atoms with Crippen LogP contribution in [0.3, 0.4) is 0 Å². The molecule has 0 aliphatic heterocycles. The molecule has 0 aliphatic rings. The zero-order valence-electron chi connectivity index (χ0n) is 8.54. The number of rotatable bonds is 3. The predicted octanol–water partition coefficient (Wildman–Crippen LogP) is 0.741. The van der Waals surface area contributed by atoms with Crippen molar-refractivity contribution in [2.75, 3.05) is 0 Å². The lowest BCUT2D eigenvalue weighted by molar-refractivity contribution is 0.658. The third-order valence-electron chi connectivity index (χ3n) is 2.20. The van der Waals surface area contributed by atoms with E-state index in [1.165, 1.54) is 0 Å². The van der Waals surface area contributed by atoms with Gasteiger partial charge in [0.1, 0.15) is 5.82 Å². The fraction of sp³-hybridized carbons (Fsp3) is 0.300. The van der Waals surface area contributed by atoms with E-state index < -0.39 is 0 Å². The maximum absolute atomic E-state index is 6.01. The molecule has 0 saturated carbocycles. The van der Waals surface area contributed by atoms with E-state index in [1.807, 2.05) is 17.8 Å². The Morgan fingerprint density at radius 3 is 2.73 bits per heavy atom. The van der Waals surface area contributed by atoms with E-state index in [2.05, 4.69) is 15.1 Å². The van der Waals surface area contributed by atoms with Gasteiger partial charge in [-0.2, -0.15) is 5.10 Å². The van der Waals surface area contributed by atoms with Crippen molar-refractivity contribution in [3.05, 3.63) is 42.2 Å². The molecule has 1 unspecified atom stereocenters. The molecule has 0 saturated heterocycles. The molecule has 2 rings (SSSR count). The highest BCUT2D eigenvalue weighted by Crippen LogP contribution is 2.14. The highest BCUT2D eigenvalue weighted by atomic mass is 15.3. The average Bonchev–Trinajstić information content (AvgIpc) is 2.78. The highest BCUT2D eigenvalue weighted by Gasteiger charge is 2.12. The van der Waals surface area contributed by atoms with E-state index in [-0.39, 0.29) is 6.04 Å². The molecule has 0 radical (unpaired) electrons. The molecule has 78 valence electrons. The predicted molar refractivity (Wildman–Crippen MR) is 56.0 cm³/mol. The van der Waals surface area contributed by atoms with Crippen LogP contribution in [0.4, 0.5) is 0 Å². The van der Waals surface area contributed by atoms with Gasteiger partial charge in [0.2, 0.25) is 0 Å². The van der Waals surface area contributed by atoms with Gasteiger partial charge in [-0.15, -0.1) is 0 Å². The molecule has 5 nitrogen and oxygen atoms in total. The van der Waals surface area contributed by atoms with Crippen LogP contribution in [0.5, 0.6) is 0 Å². The molecule has 0 amide bonds. The molecule has 2 heterocycles. The van der Waals surface area contributed by atoms with E-state index >= 15 is 0 Å². The molecule has 1 atom stereocenters. The second-order valence-electron chi connectivity index (χ2n) is 3.21. The van der Waals surface area contributed by atoms with E-state index in [9.17, 15) is 0 Å². The molecule has 0 bridgehead atoms. The van der Waals surface area contributed by atoms with Crippen molar-refractivity contribution in [2.45, 2.75) is 19.5 Å². The topological polar surface area (TPSA) is 69.6 Å². The SMILES string of the molecule is CCn1cc(C(N)c2ncccn2)cn1. The summed E-state index contributed by atoms with van der Waals surface area (Å²) in [6.45, 7) is 2.86. The van der Waals surface area contributed by atoms with E-state index in [0.29, 0.717) is 5.82 Å². The van der Waals surface area contributed by atoms with Gasteiger partial charge >= 0.3 is 0 Å². The summed E-state index contributed by atoms with van der Waals surface area (Å²) < 4.78 is 1.83. The lowest BCUT2D eigenvalue weighted by Gasteiger charge is -2.06. The Labute approximate surface area is 88.0 Å². The summed E-state index contributed by atoms with van der Waals surface area (Å²) in [5.41, 5.74) is 6.94. The molecule has 0 spiro atoms. The van der Waals surface area contributed by atoms with Crippen molar-refractivity contribution >= 4 is 0 Å². The Balaban J connectivity index is 2.24. The average molecular weight is 203 g/mol. The Hall–Kier alpha value is -1.75. The largest absolute Gasteiger partial charge is 0.318 e. The second-order valence-corrected chi connectivity index (χ2v) is 3.21. The molecule has 5 heteroatoms. The normalized spacial score (nSPS) is 12.7. The summed E-state index contributed by atoms with van der Waals surface area (Å²) in [5.74, 6) is 0.619. The highest BCUT2D eigenvalue weighted by molar-refractivity contribution is 5.18. The van der Waals surface area contributed by atoms with Crippen LogP contribution in [0.2, 0.25) is 0 Å². The minimum absolute atomic E-state index is 0.300. The Morgan fingerprint density at radius 1 is 1.40 bits per heavy atom. The van der Waals surface area contributed by atoms with Crippen molar-refractivity contribution in [1.82, 2.24) is 19.7 Å². The smallest absolute Gasteiger partial charge is 0.149 e. The number of aryl methyl sites for hydroxylation is 1. The van der Waals surface area contributed by atoms with Crippen LogP contribution in [0.25, 0.3) is 0 Å². The summed E-state index contributed by atoms with van der Waals surface area (Å²) in [4.78, 5) is 8.23. The monoisotopic (exact) mass is 203 g/mol. The molecule has 0 aliphatic carbocycles.